The highest BCUT2D eigenvalue weighted by molar-refractivity contribution is 6.30. The SMILES string of the molecule is Cc1cc(Cl)ccc1OCCN1CCN(C(=O)[C@@H]2CCCNC2)CC1. The van der Waals surface area contributed by atoms with Gasteiger partial charge in [0.2, 0.25) is 5.91 Å². The molecular weight excluding hydrogens is 338 g/mol. The fraction of sp³-hybridized carbons (Fsp3) is 0.632. The van der Waals surface area contributed by atoms with Gasteiger partial charge in [-0.1, -0.05) is 11.6 Å². The summed E-state index contributed by atoms with van der Waals surface area (Å²) in [6.07, 6.45) is 2.14. The van der Waals surface area contributed by atoms with Gasteiger partial charge in [-0.15, -0.1) is 0 Å². The van der Waals surface area contributed by atoms with E-state index < -0.39 is 0 Å². The van der Waals surface area contributed by atoms with Crippen LogP contribution in [0.1, 0.15) is 18.4 Å². The minimum atomic E-state index is 0.177. The summed E-state index contributed by atoms with van der Waals surface area (Å²) < 4.78 is 5.87. The Balaban J connectivity index is 1.38. The fourth-order valence-electron chi connectivity index (χ4n) is 3.57. The standard InChI is InChI=1S/C19H28ClN3O2/c1-15-13-17(20)4-5-18(15)25-12-11-22-7-9-23(10-8-22)19(24)16-3-2-6-21-14-16/h4-5,13,16,21H,2-3,6-12,14H2,1H3/t16-/m1/s1. The van der Waals surface area contributed by atoms with Gasteiger partial charge in [0.25, 0.3) is 0 Å². The Hall–Kier alpha value is -1.30. The lowest BCUT2D eigenvalue weighted by molar-refractivity contribution is -0.137. The molecule has 0 aromatic heterocycles. The number of rotatable bonds is 5. The molecule has 25 heavy (non-hydrogen) atoms. The first-order valence-electron chi connectivity index (χ1n) is 9.24. The lowest BCUT2D eigenvalue weighted by atomic mass is 9.98. The monoisotopic (exact) mass is 365 g/mol. The topological polar surface area (TPSA) is 44.8 Å². The quantitative estimate of drug-likeness (QED) is 0.868. The van der Waals surface area contributed by atoms with Gasteiger partial charge in [-0.2, -0.15) is 0 Å². The smallest absolute Gasteiger partial charge is 0.227 e. The van der Waals surface area contributed by atoms with E-state index in [1.54, 1.807) is 0 Å². The Morgan fingerprint density at radius 2 is 2.12 bits per heavy atom. The number of piperazine rings is 1. The van der Waals surface area contributed by atoms with E-state index in [0.717, 1.165) is 75.0 Å². The molecule has 6 heteroatoms. The van der Waals surface area contributed by atoms with Crippen LogP contribution in [0.3, 0.4) is 0 Å². The molecule has 138 valence electrons. The highest BCUT2D eigenvalue weighted by atomic mass is 35.5. The summed E-state index contributed by atoms with van der Waals surface area (Å²) in [4.78, 5) is 17.0. The third-order valence-corrected chi connectivity index (χ3v) is 5.37. The summed E-state index contributed by atoms with van der Waals surface area (Å²) in [6.45, 7) is 8.94. The van der Waals surface area contributed by atoms with Crippen LogP contribution in [0.25, 0.3) is 0 Å². The molecule has 1 aromatic rings. The second-order valence-corrected chi connectivity index (χ2v) is 7.40. The van der Waals surface area contributed by atoms with E-state index in [4.69, 9.17) is 16.3 Å². The minimum Gasteiger partial charge on any atom is -0.492 e. The molecule has 2 saturated heterocycles. The number of carbonyl (C=O) groups is 1. The Kier molecular flexibility index (Phi) is 6.57. The Morgan fingerprint density at radius 1 is 1.32 bits per heavy atom. The second-order valence-electron chi connectivity index (χ2n) is 6.97. The number of nitrogens with zero attached hydrogens (tertiary/aromatic N) is 2. The predicted molar refractivity (Wildman–Crippen MR) is 100 cm³/mol. The van der Waals surface area contributed by atoms with E-state index in [-0.39, 0.29) is 5.92 Å². The van der Waals surface area contributed by atoms with Crippen LogP contribution in [0.2, 0.25) is 5.02 Å². The van der Waals surface area contributed by atoms with Gasteiger partial charge in [0.1, 0.15) is 12.4 Å². The molecule has 0 radical (unpaired) electrons. The van der Waals surface area contributed by atoms with Crippen LogP contribution in [0, 0.1) is 12.8 Å². The highest BCUT2D eigenvalue weighted by Crippen LogP contribution is 2.21. The molecule has 0 spiro atoms. The summed E-state index contributed by atoms with van der Waals surface area (Å²) >= 11 is 5.97. The number of carbonyl (C=O) groups excluding carboxylic acids is 1. The van der Waals surface area contributed by atoms with Crippen molar-refractivity contribution >= 4 is 17.5 Å². The van der Waals surface area contributed by atoms with E-state index >= 15 is 0 Å². The number of nitrogens with one attached hydrogen (secondary N) is 1. The van der Waals surface area contributed by atoms with Crippen molar-refractivity contribution in [1.29, 1.82) is 0 Å². The van der Waals surface area contributed by atoms with Gasteiger partial charge in [0, 0.05) is 44.3 Å². The molecule has 0 bridgehead atoms. The van der Waals surface area contributed by atoms with Crippen molar-refractivity contribution in [2.75, 3.05) is 52.4 Å². The molecule has 2 aliphatic heterocycles. The van der Waals surface area contributed by atoms with E-state index in [1.807, 2.05) is 30.0 Å². The van der Waals surface area contributed by atoms with Crippen molar-refractivity contribution in [2.24, 2.45) is 5.92 Å². The molecular formula is C19H28ClN3O2. The highest BCUT2D eigenvalue weighted by Gasteiger charge is 2.28. The maximum Gasteiger partial charge on any atom is 0.227 e. The van der Waals surface area contributed by atoms with Crippen LogP contribution in [-0.4, -0.2) is 68.1 Å². The Labute approximate surface area is 155 Å². The van der Waals surface area contributed by atoms with Gasteiger partial charge in [0.05, 0.1) is 5.92 Å². The van der Waals surface area contributed by atoms with Crippen LogP contribution < -0.4 is 10.1 Å². The second kappa shape index (κ2) is 8.88. The zero-order chi connectivity index (χ0) is 17.6. The number of hydrogen-bond donors (Lipinski definition) is 1. The van der Waals surface area contributed by atoms with E-state index in [2.05, 4.69) is 10.2 Å². The van der Waals surface area contributed by atoms with Crippen molar-refractivity contribution in [3.63, 3.8) is 0 Å². The first kappa shape index (κ1) is 18.5. The van der Waals surface area contributed by atoms with E-state index in [0.29, 0.717) is 12.5 Å². The van der Waals surface area contributed by atoms with Crippen molar-refractivity contribution in [3.8, 4) is 5.75 Å². The Bertz CT molecular complexity index is 582. The molecule has 5 nitrogen and oxygen atoms in total. The number of hydrogen-bond acceptors (Lipinski definition) is 4. The number of amides is 1. The number of halogens is 1. The molecule has 1 atom stereocenters. The molecule has 1 amide bonds. The average Bonchev–Trinajstić information content (AvgIpc) is 2.64. The summed E-state index contributed by atoms with van der Waals surface area (Å²) in [7, 11) is 0. The summed E-state index contributed by atoms with van der Waals surface area (Å²) in [5.41, 5.74) is 1.06. The Morgan fingerprint density at radius 3 is 2.80 bits per heavy atom. The zero-order valence-corrected chi connectivity index (χ0v) is 15.7. The number of ether oxygens (including phenoxy) is 1. The van der Waals surface area contributed by atoms with Crippen LogP contribution >= 0.6 is 11.6 Å². The first-order chi connectivity index (χ1) is 12.1. The summed E-state index contributed by atoms with van der Waals surface area (Å²) in [6, 6.07) is 5.70. The molecule has 2 heterocycles. The number of benzene rings is 1. The predicted octanol–water partition coefficient (Wildman–Crippen LogP) is 2.17. The molecule has 0 unspecified atom stereocenters. The lowest BCUT2D eigenvalue weighted by Crippen LogP contribution is -2.52. The van der Waals surface area contributed by atoms with Crippen molar-refractivity contribution in [1.82, 2.24) is 15.1 Å². The molecule has 0 saturated carbocycles. The number of piperidine rings is 1. The normalized spacial score (nSPS) is 22.0. The number of aryl methyl sites for hydroxylation is 1. The van der Waals surface area contributed by atoms with Gasteiger partial charge in [-0.25, -0.2) is 0 Å². The van der Waals surface area contributed by atoms with Gasteiger partial charge >= 0.3 is 0 Å². The zero-order valence-electron chi connectivity index (χ0n) is 15.0. The molecule has 2 aliphatic rings. The van der Waals surface area contributed by atoms with Gasteiger partial charge in [-0.05, 0) is 50.1 Å². The lowest BCUT2D eigenvalue weighted by Gasteiger charge is -2.37. The van der Waals surface area contributed by atoms with Crippen LogP contribution in [0.5, 0.6) is 5.75 Å². The van der Waals surface area contributed by atoms with Gasteiger partial charge in [-0.3, -0.25) is 9.69 Å². The summed E-state index contributed by atoms with van der Waals surface area (Å²) in [5.74, 6) is 1.40. The van der Waals surface area contributed by atoms with Crippen LogP contribution in [0.15, 0.2) is 18.2 Å². The maximum absolute atomic E-state index is 12.6. The molecule has 1 aromatic carbocycles. The molecule has 3 rings (SSSR count). The maximum atomic E-state index is 12.6. The van der Waals surface area contributed by atoms with Crippen molar-refractivity contribution < 1.29 is 9.53 Å². The fourth-order valence-corrected chi connectivity index (χ4v) is 3.80. The van der Waals surface area contributed by atoms with Crippen molar-refractivity contribution in [2.45, 2.75) is 19.8 Å². The largest absolute Gasteiger partial charge is 0.492 e. The van der Waals surface area contributed by atoms with E-state index in [1.165, 1.54) is 0 Å². The van der Waals surface area contributed by atoms with E-state index in [9.17, 15) is 4.79 Å². The molecule has 2 fully saturated rings. The van der Waals surface area contributed by atoms with Crippen LogP contribution in [0.4, 0.5) is 0 Å². The van der Waals surface area contributed by atoms with Crippen LogP contribution in [-0.2, 0) is 4.79 Å². The third kappa shape index (κ3) is 5.09. The third-order valence-electron chi connectivity index (χ3n) is 5.13. The molecule has 1 N–H and O–H groups in total. The summed E-state index contributed by atoms with van der Waals surface area (Å²) in [5, 5.41) is 4.07. The van der Waals surface area contributed by atoms with Gasteiger partial charge < -0.3 is 15.0 Å². The average molecular weight is 366 g/mol. The van der Waals surface area contributed by atoms with Crippen molar-refractivity contribution in [3.05, 3.63) is 28.8 Å². The molecule has 0 aliphatic carbocycles. The first-order valence-corrected chi connectivity index (χ1v) is 9.62. The van der Waals surface area contributed by atoms with Gasteiger partial charge in [0.15, 0.2) is 0 Å². The minimum absolute atomic E-state index is 0.177.